The highest BCUT2D eigenvalue weighted by molar-refractivity contribution is 7.88. The van der Waals surface area contributed by atoms with Crippen LogP contribution in [-0.4, -0.2) is 49.8 Å². The molecule has 0 bridgehead atoms. The molecule has 0 aliphatic rings. The molecule has 0 atom stereocenters. The van der Waals surface area contributed by atoms with Gasteiger partial charge in [-0.25, -0.2) is 31.9 Å². The number of fused-ring (bicyclic) bond motifs is 2. The number of hydrogen-bond donors (Lipinski definition) is 3. The molecular formula is C25H18F2N8O2S. The van der Waals surface area contributed by atoms with Crippen LogP contribution in [0.1, 0.15) is 5.56 Å². The number of hydrogen-bond acceptors (Lipinski definition) is 7. The van der Waals surface area contributed by atoms with Crippen LogP contribution in [0.4, 0.5) is 8.78 Å². The minimum Gasteiger partial charge on any atom is -0.335 e. The van der Waals surface area contributed by atoms with Crippen LogP contribution in [0.3, 0.4) is 0 Å². The molecule has 0 spiro atoms. The number of H-pyrrole nitrogens is 2. The van der Waals surface area contributed by atoms with E-state index in [1.54, 1.807) is 30.5 Å². The molecule has 0 saturated carbocycles. The molecule has 5 heterocycles. The highest BCUT2D eigenvalue weighted by Gasteiger charge is 2.21. The van der Waals surface area contributed by atoms with Crippen LogP contribution < -0.4 is 4.72 Å². The molecule has 0 aliphatic heterocycles. The molecule has 3 N–H and O–H groups in total. The van der Waals surface area contributed by atoms with Gasteiger partial charge in [-0.1, -0.05) is 0 Å². The van der Waals surface area contributed by atoms with E-state index in [-0.39, 0.29) is 29.1 Å². The van der Waals surface area contributed by atoms with Crippen LogP contribution in [0.2, 0.25) is 0 Å². The minimum atomic E-state index is -3.46. The maximum atomic E-state index is 15.7. The third-order valence-electron chi connectivity index (χ3n) is 5.90. The first kappa shape index (κ1) is 23.8. The number of sulfonamides is 1. The summed E-state index contributed by atoms with van der Waals surface area (Å²) in [7, 11) is -3.46. The molecule has 0 radical (unpaired) electrons. The Kier molecular flexibility index (Phi) is 5.65. The smallest absolute Gasteiger partial charge is 0.209 e. The number of halogens is 2. The van der Waals surface area contributed by atoms with E-state index in [1.165, 1.54) is 30.7 Å². The van der Waals surface area contributed by atoms with Gasteiger partial charge < -0.3 is 4.98 Å². The van der Waals surface area contributed by atoms with Gasteiger partial charge in [-0.15, -0.1) is 0 Å². The Hall–Kier alpha value is -4.62. The van der Waals surface area contributed by atoms with E-state index in [0.717, 1.165) is 6.26 Å². The van der Waals surface area contributed by atoms with Crippen LogP contribution in [0.25, 0.3) is 56.0 Å². The van der Waals surface area contributed by atoms with Crippen molar-refractivity contribution in [2.45, 2.75) is 6.54 Å². The molecule has 0 amide bonds. The predicted octanol–water partition coefficient (Wildman–Crippen LogP) is 3.95. The zero-order valence-corrected chi connectivity index (χ0v) is 20.5. The van der Waals surface area contributed by atoms with Gasteiger partial charge in [0, 0.05) is 36.3 Å². The summed E-state index contributed by atoms with van der Waals surface area (Å²) in [5, 5.41) is 7.24. The number of rotatable bonds is 6. The second-order valence-electron chi connectivity index (χ2n) is 8.61. The molecule has 13 heteroatoms. The SMILES string of the molecule is CS(=O)(=O)NCc1cc(F)cc(-c2ccnc3nc(-c4n[nH]c5cnc(-c6cccnc6)c(F)c45)[nH]c23)c1. The van der Waals surface area contributed by atoms with Crippen LogP contribution in [0, 0.1) is 11.6 Å². The third kappa shape index (κ3) is 4.37. The summed E-state index contributed by atoms with van der Waals surface area (Å²) < 4.78 is 55.5. The molecule has 1 aromatic carbocycles. The Morgan fingerprint density at radius 3 is 2.66 bits per heavy atom. The normalized spacial score (nSPS) is 12.0. The fourth-order valence-corrected chi connectivity index (χ4v) is 4.67. The number of aromatic nitrogens is 7. The summed E-state index contributed by atoms with van der Waals surface area (Å²) in [6.45, 7) is -0.0715. The molecule has 0 saturated heterocycles. The summed E-state index contributed by atoms with van der Waals surface area (Å²) in [6.07, 6.45) is 7.15. The van der Waals surface area contributed by atoms with E-state index < -0.39 is 21.7 Å². The molecule has 0 aliphatic carbocycles. The molecule has 38 heavy (non-hydrogen) atoms. The van der Waals surface area contributed by atoms with Crippen molar-refractivity contribution in [2.24, 2.45) is 0 Å². The van der Waals surface area contributed by atoms with Crippen LogP contribution in [-0.2, 0) is 16.6 Å². The van der Waals surface area contributed by atoms with Crippen LogP contribution >= 0.6 is 0 Å². The Labute approximate surface area is 214 Å². The Morgan fingerprint density at radius 1 is 1.00 bits per heavy atom. The van der Waals surface area contributed by atoms with E-state index in [9.17, 15) is 12.8 Å². The molecule has 10 nitrogen and oxygen atoms in total. The summed E-state index contributed by atoms with van der Waals surface area (Å²) in [5.74, 6) is -0.863. The fourth-order valence-electron chi connectivity index (χ4n) is 4.24. The number of nitrogens with zero attached hydrogens (tertiary/aromatic N) is 5. The monoisotopic (exact) mass is 532 g/mol. The molecule has 0 fully saturated rings. The van der Waals surface area contributed by atoms with Gasteiger partial charge in [0.2, 0.25) is 10.0 Å². The summed E-state index contributed by atoms with van der Waals surface area (Å²) in [5.41, 5.74) is 3.54. The van der Waals surface area contributed by atoms with E-state index in [2.05, 4.69) is 39.8 Å². The van der Waals surface area contributed by atoms with Gasteiger partial charge in [0.25, 0.3) is 0 Å². The van der Waals surface area contributed by atoms with E-state index >= 15 is 4.39 Å². The van der Waals surface area contributed by atoms with E-state index in [1.807, 2.05) is 0 Å². The van der Waals surface area contributed by atoms with Crippen molar-refractivity contribution in [1.82, 2.24) is 39.8 Å². The van der Waals surface area contributed by atoms with Crippen molar-refractivity contribution in [1.29, 1.82) is 0 Å². The molecular weight excluding hydrogens is 514 g/mol. The summed E-state index contributed by atoms with van der Waals surface area (Å²) in [4.78, 5) is 20.2. The summed E-state index contributed by atoms with van der Waals surface area (Å²) >= 11 is 0. The topological polar surface area (TPSA) is 142 Å². The van der Waals surface area contributed by atoms with Gasteiger partial charge in [0.15, 0.2) is 17.3 Å². The zero-order valence-electron chi connectivity index (χ0n) is 19.7. The highest BCUT2D eigenvalue weighted by Crippen LogP contribution is 2.34. The highest BCUT2D eigenvalue weighted by atomic mass is 32.2. The number of imidazole rings is 1. The lowest BCUT2D eigenvalue weighted by atomic mass is 10.0. The average Bonchev–Trinajstić information content (AvgIpc) is 3.52. The number of pyridine rings is 3. The number of benzene rings is 1. The maximum Gasteiger partial charge on any atom is 0.209 e. The van der Waals surface area contributed by atoms with Gasteiger partial charge in [0.1, 0.15) is 17.2 Å². The van der Waals surface area contributed by atoms with Crippen molar-refractivity contribution >= 4 is 32.1 Å². The molecule has 190 valence electrons. The zero-order chi connectivity index (χ0) is 26.4. The van der Waals surface area contributed by atoms with Crippen LogP contribution in [0.5, 0.6) is 0 Å². The van der Waals surface area contributed by atoms with Gasteiger partial charge in [-0.2, -0.15) is 5.10 Å². The standard InChI is InChI=1S/C25H18F2N8O2S/c1-38(36,37)31-10-13-7-15(9-16(26)8-13)17-4-6-29-24-22(17)32-25(33-24)23-19-18(34-35-23)12-30-21(20(19)27)14-3-2-5-28-11-14/h2-9,11-12,31H,10H2,1H3,(H,34,35)(H,29,32,33). The van der Waals surface area contributed by atoms with E-state index in [0.29, 0.717) is 38.9 Å². The molecule has 6 aromatic rings. The Balaban J connectivity index is 1.46. The first-order valence-electron chi connectivity index (χ1n) is 11.3. The van der Waals surface area contributed by atoms with Gasteiger partial charge >= 0.3 is 0 Å². The average molecular weight is 533 g/mol. The second-order valence-corrected chi connectivity index (χ2v) is 10.4. The fraction of sp³-hybridized carbons (Fsp3) is 0.0800. The second kappa shape index (κ2) is 9.04. The van der Waals surface area contributed by atoms with Gasteiger partial charge in [0.05, 0.1) is 28.9 Å². The predicted molar refractivity (Wildman–Crippen MR) is 137 cm³/mol. The number of nitrogens with one attached hydrogen (secondary N) is 3. The lowest BCUT2D eigenvalue weighted by Gasteiger charge is -2.08. The van der Waals surface area contributed by atoms with Crippen LogP contribution in [0.15, 0.2) is 61.2 Å². The molecule has 6 rings (SSSR count). The van der Waals surface area contributed by atoms with Gasteiger partial charge in [-0.3, -0.25) is 15.1 Å². The minimum absolute atomic E-state index is 0.0715. The van der Waals surface area contributed by atoms with Crippen molar-refractivity contribution in [3.05, 3.63) is 78.4 Å². The van der Waals surface area contributed by atoms with E-state index in [4.69, 9.17) is 0 Å². The van der Waals surface area contributed by atoms with Gasteiger partial charge in [-0.05, 0) is 47.5 Å². The quantitative estimate of drug-likeness (QED) is 0.295. The maximum absolute atomic E-state index is 15.7. The Bertz CT molecular complexity index is 1940. The lowest BCUT2D eigenvalue weighted by Crippen LogP contribution is -2.21. The molecule has 5 aromatic heterocycles. The number of aromatic amines is 2. The lowest BCUT2D eigenvalue weighted by molar-refractivity contribution is 0.586. The summed E-state index contributed by atoms with van der Waals surface area (Å²) in [6, 6.07) is 9.34. The van der Waals surface area contributed by atoms with Crippen molar-refractivity contribution in [3.8, 4) is 33.9 Å². The first-order chi connectivity index (χ1) is 18.3. The van der Waals surface area contributed by atoms with Crippen molar-refractivity contribution in [3.63, 3.8) is 0 Å². The largest absolute Gasteiger partial charge is 0.335 e. The Morgan fingerprint density at radius 2 is 1.87 bits per heavy atom. The molecule has 0 unspecified atom stereocenters. The first-order valence-corrected chi connectivity index (χ1v) is 13.2. The third-order valence-corrected chi connectivity index (χ3v) is 6.57. The van der Waals surface area contributed by atoms with Crippen molar-refractivity contribution < 1.29 is 17.2 Å². The van der Waals surface area contributed by atoms with Crippen molar-refractivity contribution in [2.75, 3.05) is 6.26 Å².